The highest BCUT2D eigenvalue weighted by Gasteiger charge is 2.25. The molecule has 1 aromatic heterocycles. The van der Waals surface area contributed by atoms with Crippen LogP contribution in [0.1, 0.15) is 50.9 Å². The summed E-state index contributed by atoms with van der Waals surface area (Å²) < 4.78 is 1.99. The van der Waals surface area contributed by atoms with Gasteiger partial charge in [0, 0.05) is 42.9 Å². The lowest BCUT2D eigenvalue weighted by atomic mass is 9.92. The number of likely N-dealkylation sites (N-methyl/N-ethyl adjacent to an activating group) is 1. The van der Waals surface area contributed by atoms with Crippen LogP contribution in [0.3, 0.4) is 0 Å². The molecular weight excluding hydrogens is 262 g/mol. The summed E-state index contributed by atoms with van der Waals surface area (Å²) in [5, 5.41) is 0. The number of nitrogens with two attached hydrogens (primary N) is 1. The molecule has 4 heteroatoms. The third-order valence-electron chi connectivity index (χ3n) is 4.29. The fraction of sp³-hybridized carbons (Fsp3) is 0.706. The van der Waals surface area contributed by atoms with Gasteiger partial charge in [0.15, 0.2) is 0 Å². The number of aromatic nitrogens is 1. The van der Waals surface area contributed by atoms with Crippen molar-refractivity contribution in [3.8, 4) is 0 Å². The SMILES string of the molecule is CC(C)CCn1c2c(cc(C(C)(C)N)c1=O)CN(C)CC2. The number of hydrogen-bond acceptors (Lipinski definition) is 3. The molecule has 0 aromatic carbocycles. The first kappa shape index (κ1) is 16.2. The van der Waals surface area contributed by atoms with E-state index in [1.807, 2.05) is 24.5 Å². The Balaban J connectivity index is 2.55. The number of nitrogens with zero attached hydrogens (tertiary/aromatic N) is 2. The lowest BCUT2D eigenvalue weighted by Gasteiger charge is -2.30. The topological polar surface area (TPSA) is 51.3 Å². The number of pyridine rings is 1. The molecule has 2 heterocycles. The highest BCUT2D eigenvalue weighted by Crippen LogP contribution is 2.22. The van der Waals surface area contributed by atoms with Gasteiger partial charge in [0.25, 0.3) is 5.56 Å². The Morgan fingerprint density at radius 2 is 2.05 bits per heavy atom. The fourth-order valence-corrected chi connectivity index (χ4v) is 2.95. The van der Waals surface area contributed by atoms with Gasteiger partial charge in [0.1, 0.15) is 0 Å². The first-order chi connectivity index (χ1) is 9.70. The van der Waals surface area contributed by atoms with Gasteiger partial charge in [-0.15, -0.1) is 0 Å². The smallest absolute Gasteiger partial charge is 0.255 e. The Labute approximate surface area is 127 Å². The second kappa shape index (κ2) is 5.93. The van der Waals surface area contributed by atoms with Crippen LogP contribution in [-0.4, -0.2) is 23.1 Å². The molecule has 1 aromatic rings. The summed E-state index contributed by atoms with van der Waals surface area (Å²) >= 11 is 0. The maximum Gasteiger partial charge on any atom is 0.255 e. The van der Waals surface area contributed by atoms with Crippen LogP contribution in [0.25, 0.3) is 0 Å². The van der Waals surface area contributed by atoms with E-state index in [2.05, 4.69) is 25.8 Å². The summed E-state index contributed by atoms with van der Waals surface area (Å²) in [5.41, 5.74) is 8.95. The molecule has 0 aliphatic carbocycles. The van der Waals surface area contributed by atoms with Gasteiger partial charge in [-0.3, -0.25) is 4.79 Å². The predicted octanol–water partition coefficient (Wildman–Crippen LogP) is 2.08. The van der Waals surface area contributed by atoms with Crippen LogP contribution in [0.2, 0.25) is 0 Å². The molecule has 0 saturated heterocycles. The maximum atomic E-state index is 12.9. The van der Waals surface area contributed by atoms with Crippen molar-refractivity contribution in [2.45, 2.75) is 59.2 Å². The zero-order chi connectivity index (χ0) is 15.8. The minimum atomic E-state index is -0.596. The van der Waals surface area contributed by atoms with Crippen molar-refractivity contribution in [1.29, 1.82) is 0 Å². The molecule has 0 amide bonds. The predicted molar refractivity (Wildman–Crippen MR) is 87.4 cm³/mol. The van der Waals surface area contributed by atoms with Crippen LogP contribution in [0.15, 0.2) is 10.9 Å². The Morgan fingerprint density at radius 1 is 1.38 bits per heavy atom. The quantitative estimate of drug-likeness (QED) is 0.924. The summed E-state index contributed by atoms with van der Waals surface area (Å²) in [7, 11) is 2.12. The molecule has 118 valence electrons. The zero-order valence-electron chi connectivity index (χ0n) is 14.1. The van der Waals surface area contributed by atoms with Crippen molar-refractivity contribution >= 4 is 0 Å². The lowest BCUT2D eigenvalue weighted by molar-refractivity contribution is 0.301. The molecule has 2 rings (SSSR count). The molecule has 1 aliphatic rings. The van der Waals surface area contributed by atoms with E-state index in [1.54, 1.807) is 0 Å². The van der Waals surface area contributed by atoms with Crippen LogP contribution in [0.5, 0.6) is 0 Å². The second-order valence-corrected chi connectivity index (χ2v) is 7.38. The van der Waals surface area contributed by atoms with Crippen molar-refractivity contribution in [2.75, 3.05) is 13.6 Å². The summed E-state index contributed by atoms with van der Waals surface area (Å²) in [6.07, 6.45) is 1.97. The molecule has 0 radical (unpaired) electrons. The Bertz CT molecular complexity index is 567. The third-order valence-corrected chi connectivity index (χ3v) is 4.29. The van der Waals surface area contributed by atoms with Crippen molar-refractivity contribution in [1.82, 2.24) is 9.47 Å². The van der Waals surface area contributed by atoms with Crippen LogP contribution < -0.4 is 11.3 Å². The molecule has 21 heavy (non-hydrogen) atoms. The molecule has 0 bridgehead atoms. The van der Waals surface area contributed by atoms with Gasteiger partial charge in [0.05, 0.1) is 0 Å². The van der Waals surface area contributed by atoms with Gasteiger partial charge in [-0.1, -0.05) is 13.8 Å². The van der Waals surface area contributed by atoms with Crippen LogP contribution >= 0.6 is 0 Å². The van der Waals surface area contributed by atoms with Gasteiger partial charge >= 0.3 is 0 Å². The van der Waals surface area contributed by atoms with E-state index >= 15 is 0 Å². The monoisotopic (exact) mass is 291 g/mol. The Kier molecular flexibility index (Phi) is 4.59. The highest BCUT2D eigenvalue weighted by atomic mass is 16.1. The second-order valence-electron chi connectivity index (χ2n) is 7.38. The molecule has 4 nitrogen and oxygen atoms in total. The van der Waals surface area contributed by atoms with E-state index in [0.29, 0.717) is 5.92 Å². The maximum absolute atomic E-state index is 12.9. The van der Waals surface area contributed by atoms with E-state index in [-0.39, 0.29) is 5.56 Å². The van der Waals surface area contributed by atoms with E-state index in [9.17, 15) is 4.79 Å². The minimum absolute atomic E-state index is 0.103. The van der Waals surface area contributed by atoms with Crippen LogP contribution in [0.4, 0.5) is 0 Å². The Hall–Kier alpha value is -1.13. The van der Waals surface area contributed by atoms with Crippen LogP contribution in [-0.2, 0) is 25.0 Å². The summed E-state index contributed by atoms with van der Waals surface area (Å²) in [6, 6.07) is 2.04. The summed E-state index contributed by atoms with van der Waals surface area (Å²) in [4.78, 5) is 15.1. The average molecular weight is 291 g/mol. The average Bonchev–Trinajstić information content (AvgIpc) is 2.35. The van der Waals surface area contributed by atoms with Gasteiger partial charge in [0.2, 0.25) is 0 Å². The van der Waals surface area contributed by atoms with E-state index in [0.717, 1.165) is 38.0 Å². The molecule has 1 aliphatic heterocycles. The molecule has 0 saturated carbocycles. The molecule has 2 N–H and O–H groups in total. The van der Waals surface area contributed by atoms with Crippen LogP contribution in [0, 0.1) is 5.92 Å². The molecule has 0 fully saturated rings. The van der Waals surface area contributed by atoms with Gasteiger partial charge in [-0.2, -0.15) is 0 Å². The van der Waals surface area contributed by atoms with E-state index in [1.165, 1.54) is 11.3 Å². The fourth-order valence-electron chi connectivity index (χ4n) is 2.95. The van der Waals surface area contributed by atoms with Crippen molar-refractivity contribution < 1.29 is 0 Å². The first-order valence-corrected chi connectivity index (χ1v) is 7.93. The Morgan fingerprint density at radius 3 is 2.62 bits per heavy atom. The standard InChI is InChI=1S/C17H29N3O/c1-12(2)6-9-20-15-7-8-19(5)11-13(15)10-14(16(20)21)17(3,4)18/h10,12H,6-9,11,18H2,1-5H3. The first-order valence-electron chi connectivity index (χ1n) is 7.93. The largest absolute Gasteiger partial charge is 0.322 e. The molecular formula is C17H29N3O. The third kappa shape index (κ3) is 3.55. The lowest BCUT2D eigenvalue weighted by Crippen LogP contribution is -2.42. The van der Waals surface area contributed by atoms with Crippen molar-refractivity contribution in [3.63, 3.8) is 0 Å². The number of fused-ring (bicyclic) bond motifs is 1. The zero-order valence-corrected chi connectivity index (χ0v) is 14.1. The number of hydrogen-bond donors (Lipinski definition) is 1. The highest BCUT2D eigenvalue weighted by molar-refractivity contribution is 5.32. The van der Waals surface area contributed by atoms with Gasteiger partial charge in [-0.05, 0) is 44.9 Å². The normalized spacial score (nSPS) is 16.3. The minimum Gasteiger partial charge on any atom is -0.322 e. The summed E-state index contributed by atoms with van der Waals surface area (Å²) in [5.74, 6) is 0.591. The van der Waals surface area contributed by atoms with Crippen molar-refractivity contribution in [3.05, 3.63) is 33.2 Å². The van der Waals surface area contributed by atoms with Gasteiger partial charge < -0.3 is 15.2 Å². The number of rotatable bonds is 4. The van der Waals surface area contributed by atoms with Gasteiger partial charge in [-0.25, -0.2) is 0 Å². The molecule has 0 unspecified atom stereocenters. The molecule has 0 atom stereocenters. The van der Waals surface area contributed by atoms with Crippen molar-refractivity contribution in [2.24, 2.45) is 11.7 Å². The van der Waals surface area contributed by atoms with E-state index in [4.69, 9.17) is 5.73 Å². The molecule has 0 spiro atoms. The van der Waals surface area contributed by atoms with E-state index < -0.39 is 5.54 Å². The summed E-state index contributed by atoms with van der Waals surface area (Å²) in [6.45, 7) is 10.9.